The minimum absolute atomic E-state index is 0.179. The Hall–Kier alpha value is -1.10. The maximum Gasteiger partial charge on any atom is 0.231 e. The summed E-state index contributed by atoms with van der Waals surface area (Å²) in [7, 11) is 0. The number of piperidine rings is 2. The molecule has 2 rings (SSSR count). The molecule has 2 amide bonds. The Labute approximate surface area is 127 Å². The van der Waals surface area contributed by atoms with E-state index in [0.717, 1.165) is 51.9 Å². The fraction of sp³-hybridized carbons (Fsp3) is 0.875. The van der Waals surface area contributed by atoms with Crippen molar-refractivity contribution in [3.63, 3.8) is 0 Å². The molecule has 5 heteroatoms. The van der Waals surface area contributed by atoms with Gasteiger partial charge in [-0.05, 0) is 38.1 Å². The number of hydrogen-bond donors (Lipinski definition) is 1. The maximum absolute atomic E-state index is 12.1. The number of nitrogens with zero attached hydrogens (tertiary/aromatic N) is 2. The number of carbonyl (C=O) groups excluding carboxylic acids is 2. The van der Waals surface area contributed by atoms with Gasteiger partial charge >= 0.3 is 0 Å². The molecule has 0 bridgehead atoms. The second-order valence-electron chi connectivity index (χ2n) is 7.28. The van der Waals surface area contributed by atoms with Crippen LogP contribution in [0, 0.1) is 11.3 Å². The Morgan fingerprint density at radius 1 is 1.33 bits per heavy atom. The standard InChI is InChI=1S/C16H29N3O2/c1-13(2)5-9-19-12-16(7-4-15(19)21)6-3-8-18(11-16)10-14(17)20/h13H,3-12H2,1-2H3,(H2,17,20). The van der Waals surface area contributed by atoms with E-state index in [1.54, 1.807) is 0 Å². The van der Waals surface area contributed by atoms with Crippen LogP contribution in [0.25, 0.3) is 0 Å². The van der Waals surface area contributed by atoms with Crippen LogP contribution in [0.2, 0.25) is 0 Å². The highest BCUT2D eigenvalue weighted by atomic mass is 16.2. The van der Waals surface area contributed by atoms with E-state index < -0.39 is 0 Å². The van der Waals surface area contributed by atoms with Gasteiger partial charge in [0.15, 0.2) is 0 Å². The number of carbonyl (C=O) groups is 2. The van der Waals surface area contributed by atoms with E-state index in [2.05, 4.69) is 23.6 Å². The average molecular weight is 295 g/mol. The highest BCUT2D eigenvalue weighted by Crippen LogP contribution is 2.38. The Balaban J connectivity index is 1.97. The zero-order valence-corrected chi connectivity index (χ0v) is 13.4. The molecule has 2 heterocycles. The molecule has 2 aliphatic heterocycles. The van der Waals surface area contributed by atoms with Crippen molar-refractivity contribution in [2.45, 2.75) is 46.0 Å². The van der Waals surface area contributed by atoms with Crippen molar-refractivity contribution in [2.75, 3.05) is 32.7 Å². The van der Waals surface area contributed by atoms with E-state index in [4.69, 9.17) is 5.73 Å². The SMILES string of the molecule is CC(C)CCN1CC2(CCCN(CC(N)=O)C2)CCC1=O. The fourth-order valence-electron chi connectivity index (χ4n) is 3.72. The first-order chi connectivity index (χ1) is 9.90. The van der Waals surface area contributed by atoms with Crippen molar-refractivity contribution < 1.29 is 9.59 Å². The number of hydrogen-bond acceptors (Lipinski definition) is 3. The van der Waals surface area contributed by atoms with Crippen LogP contribution in [0.1, 0.15) is 46.0 Å². The Kier molecular flexibility index (Phi) is 5.25. The molecule has 21 heavy (non-hydrogen) atoms. The summed E-state index contributed by atoms with van der Waals surface area (Å²) in [6.45, 7) is 8.31. The number of rotatable bonds is 5. The summed E-state index contributed by atoms with van der Waals surface area (Å²) in [6.07, 6.45) is 4.93. The third-order valence-corrected chi connectivity index (χ3v) is 4.84. The molecule has 0 aromatic rings. The first-order valence-electron chi connectivity index (χ1n) is 8.19. The largest absolute Gasteiger partial charge is 0.369 e. The minimum Gasteiger partial charge on any atom is -0.369 e. The molecule has 0 saturated carbocycles. The molecule has 2 fully saturated rings. The van der Waals surface area contributed by atoms with Crippen LogP contribution in [0.4, 0.5) is 0 Å². The zero-order chi connectivity index (χ0) is 15.5. The van der Waals surface area contributed by atoms with Gasteiger partial charge in [0.2, 0.25) is 11.8 Å². The van der Waals surface area contributed by atoms with E-state index in [0.29, 0.717) is 24.8 Å². The molecule has 2 N–H and O–H groups in total. The van der Waals surface area contributed by atoms with Crippen molar-refractivity contribution >= 4 is 11.8 Å². The summed E-state index contributed by atoms with van der Waals surface area (Å²) in [6, 6.07) is 0. The second kappa shape index (κ2) is 6.77. The quantitative estimate of drug-likeness (QED) is 0.829. The number of likely N-dealkylation sites (tertiary alicyclic amines) is 2. The number of nitrogens with two attached hydrogens (primary N) is 1. The lowest BCUT2D eigenvalue weighted by Crippen LogP contribution is -2.55. The number of amides is 2. The Bertz CT molecular complexity index is 397. The van der Waals surface area contributed by atoms with Crippen LogP contribution in [-0.4, -0.2) is 54.3 Å². The molecular formula is C16H29N3O2. The molecule has 0 radical (unpaired) electrons. The monoisotopic (exact) mass is 295 g/mol. The Morgan fingerprint density at radius 2 is 2.10 bits per heavy atom. The second-order valence-corrected chi connectivity index (χ2v) is 7.28. The van der Waals surface area contributed by atoms with Crippen LogP contribution in [0.3, 0.4) is 0 Å². The summed E-state index contributed by atoms with van der Waals surface area (Å²) < 4.78 is 0. The lowest BCUT2D eigenvalue weighted by atomic mass is 9.73. The maximum atomic E-state index is 12.1. The van der Waals surface area contributed by atoms with Crippen LogP contribution in [0.15, 0.2) is 0 Å². The van der Waals surface area contributed by atoms with Gasteiger partial charge in [-0.2, -0.15) is 0 Å². The van der Waals surface area contributed by atoms with E-state index in [1.165, 1.54) is 0 Å². The van der Waals surface area contributed by atoms with Gasteiger partial charge in [-0.1, -0.05) is 13.8 Å². The summed E-state index contributed by atoms with van der Waals surface area (Å²) in [4.78, 5) is 27.5. The Morgan fingerprint density at radius 3 is 2.76 bits per heavy atom. The highest BCUT2D eigenvalue weighted by Gasteiger charge is 2.41. The van der Waals surface area contributed by atoms with Crippen molar-refractivity contribution in [1.29, 1.82) is 0 Å². The van der Waals surface area contributed by atoms with E-state index in [9.17, 15) is 9.59 Å². The smallest absolute Gasteiger partial charge is 0.231 e. The summed E-state index contributed by atoms with van der Waals surface area (Å²) >= 11 is 0. The molecule has 5 nitrogen and oxygen atoms in total. The molecule has 1 unspecified atom stereocenters. The van der Waals surface area contributed by atoms with Crippen LogP contribution in [-0.2, 0) is 9.59 Å². The molecule has 1 atom stereocenters. The topological polar surface area (TPSA) is 66.6 Å². The first kappa shape index (κ1) is 16.3. The molecule has 2 saturated heterocycles. The zero-order valence-electron chi connectivity index (χ0n) is 13.4. The van der Waals surface area contributed by atoms with Crippen LogP contribution in [0.5, 0.6) is 0 Å². The van der Waals surface area contributed by atoms with E-state index in [-0.39, 0.29) is 11.3 Å². The van der Waals surface area contributed by atoms with Crippen LogP contribution < -0.4 is 5.73 Å². The molecule has 2 aliphatic rings. The van der Waals surface area contributed by atoms with Gasteiger partial charge in [-0.15, -0.1) is 0 Å². The third kappa shape index (κ3) is 4.43. The van der Waals surface area contributed by atoms with Crippen molar-refractivity contribution in [1.82, 2.24) is 9.80 Å². The van der Waals surface area contributed by atoms with Crippen LogP contribution >= 0.6 is 0 Å². The highest BCUT2D eigenvalue weighted by molar-refractivity contribution is 5.77. The normalized spacial score (nSPS) is 27.6. The first-order valence-corrected chi connectivity index (χ1v) is 8.19. The third-order valence-electron chi connectivity index (χ3n) is 4.84. The van der Waals surface area contributed by atoms with E-state index in [1.807, 2.05) is 0 Å². The van der Waals surface area contributed by atoms with Crippen molar-refractivity contribution in [2.24, 2.45) is 17.1 Å². The lowest BCUT2D eigenvalue weighted by molar-refractivity contribution is -0.140. The summed E-state index contributed by atoms with van der Waals surface area (Å²) in [5.74, 6) is 0.664. The average Bonchev–Trinajstić information content (AvgIpc) is 2.39. The minimum atomic E-state index is -0.254. The van der Waals surface area contributed by atoms with Crippen molar-refractivity contribution in [3.8, 4) is 0 Å². The van der Waals surface area contributed by atoms with Gasteiger partial charge in [-0.3, -0.25) is 14.5 Å². The molecule has 1 spiro atoms. The van der Waals surface area contributed by atoms with E-state index >= 15 is 0 Å². The summed E-state index contributed by atoms with van der Waals surface area (Å²) in [5.41, 5.74) is 5.51. The van der Waals surface area contributed by atoms with Gasteiger partial charge in [-0.25, -0.2) is 0 Å². The summed E-state index contributed by atoms with van der Waals surface area (Å²) in [5, 5.41) is 0. The van der Waals surface area contributed by atoms with Crippen molar-refractivity contribution in [3.05, 3.63) is 0 Å². The number of primary amides is 1. The molecule has 0 aromatic carbocycles. The predicted octanol–water partition coefficient (Wildman–Crippen LogP) is 1.22. The van der Waals surface area contributed by atoms with Gasteiger partial charge in [0.1, 0.15) is 0 Å². The predicted molar refractivity (Wildman–Crippen MR) is 82.6 cm³/mol. The molecular weight excluding hydrogens is 266 g/mol. The molecule has 120 valence electrons. The molecule has 0 aliphatic carbocycles. The van der Waals surface area contributed by atoms with Gasteiger partial charge in [0.25, 0.3) is 0 Å². The van der Waals surface area contributed by atoms with Gasteiger partial charge in [0, 0.05) is 31.5 Å². The van der Waals surface area contributed by atoms with Gasteiger partial charge < -0.3 is 10.6 Å². The molecule has 0 aromatic heterocycles. The van der Waals surface area contributed by atoms with Gasteiger partial charge in [0.05, 0.1) is 6.54 Å². The lowest BCUT2D eigenvalue weighted by Gasteiger charge is -2.48. The fourth-order valence-corrected chi connectivity index (χ4v) is 3.72.